The highest BCUT2D eigenvalue weighted by Crippen LogP contribution is 2.13. The van der Waals surface area contributed by atoms with E-state index in [-0.39, 0.29) is 0 Å². The van der Waals surface area contributed by atoms with Gasteiger partial charge < -0.3 is 4.90 Å². The number of likely N-dealkylation sites (tertiary alicyclic amines) is 1. The number of hydrogen-bond donors (Lipinski definition) is 0. The maximum Gasteiger partial charge on any atom is 0.239 e. The van der Waals surface area contributed by atoms with Crippen LogP contribution in [0.2, 0.25) is 0 Å². The zero-order chi connectivity index (χ0) is 10.1. The van der Waals surface area contributed by atoms with Gasteiger partial charge in [0.25, 0.3) is 0 Å². The fraction of sp³-hybridized carbons (Fsp3) is 0.700. The van der Waals surface area contributed by atoms with Gasteiger partial charge in [-0.1, -0.05) is 13.8 Å². The van der Waals surface area contributed by atoms with Gasteiger partial charge in [0.15, 0.2) is 0 Å². The van der Waals surface area contributed by atoms with Crippen LogP contribution < -0.4 is 0 Å². The summed E-state index contributed by atoms with van der Waals surface area (Å²) >= 11 is 0. The molecule has 0 unspecified atom stereocenters. The molecule has 0 aromatic carbocycles. The Morgan fingerprint density at radius 1 is 1.38 bits per heavy atom. The zero-order valence-electron chi connectivity index (χ0n) is 8.71. The summed E-state index contributed by atoms with van der Waals surface area (Å²) in [5.41, 5.74) is 1.26. The second kappa shape index (κ2) is 7.71. The Labute approximate surface area is 80.2 Å². The van der Waals surface area contributed by atoms with Crippen molar-refractivity contribution in [1.82, 2.24) is 4.90 Å². The molecule has 0 N–H and O–H groups in total. The number of nitrogens with zero attached hydrogens (tertiary/aromatic N) is 2. The van der Waals surface area contributed by atoms with Crippen molar-refractivity contribution >= 4 is 6.08 Å². The van der Waals surface area contributed by atoms with Gasteiger partial charge in [-0.25, -0.2) is 4.79 Å². The molecule has 0 spiro atoms. The van der Waals surface area contributed by atoms with Gasteiger partial charge >= 0.3 is 0 Å². The van der Waals surface area contributed by atoms with E-state index in [0.29, 0.717) is 0 Å². The lowest BCUT2D eigenvalue weighted by Gasteiger charge is -2.23. The maximum absolute atomic E-state index is 9.77. The van der Waals surface area contributed by atoms with E-state index in [4.69, 9.17) is 0 Å². The summed E-state index contributed by atoms with van der Waals surface area (Å²) < 4.78 is 0. The minimum Gasteiger partial charge on any atom is -0.306 e. The van der Waals surface area contributed by atoms with E-state index >= 15 is 0 Å². The Morgan fingerprint density at radius 3 is 2.38 bits per heavy atom. The van der Waals surface area contributed by atoms with Gasteiger partial charge in [0, 0.05) is 19.3 Å². The average molecular weight is 182 g/mol. The van der Waals surface area contributed by atoms with Crippen LogP contribution in [0, 0.1) is 0 Å². The fourth-order valence-corrected chi connectivity index (χ4v) is 1.15. The van der Waals surface area contributed by atoms with E-state index in [1.807, 2.05) is 13.8 Å². The number of rotatable bonds is 1. The van der Waals surface area contributed by atoms with Crippen molar-refractivity contribution in [3.05, 3.63) is 11.8 Å². The second-order valence-electron chi connectivity index (χ2n) is 2.81. The van der Waals surface area contributed by atoms with Crippen LogP contribution in [0.15, 0.2) is 16.8 Å². The Balaban J connectivity index is 0.000000671. The summed E-state index contributed by atoms with van der Waals surface area (Å²) in [6.45, 7) is 6.14. The first kappa shape index (κ1) is 12.1. The van der Waals surface area contributed by atoms with Crippen molar-refractivity contribution in [3.8, 4) is 0 Å². The van der Waals surface area contributed by atoms with Gasteiger partial charge in [-0.3, -0.25) is 0 Å². The zero-order valence-corrected chi connectivity index (χ0v) is 8.71. The largest absolute Gasteiger partial charge is 0.306 e. The highest BCUT2D eigenvalue weighted by atomic mass is 16.1. The second-order valence-corrected chi connectivity index (χ2v) is 2.81. The van der Waals surface area contributed by atoms with Crippen molar-refractivity contribution in [2.45, 2.75) is 26.7 Å². The van der Waals surface area contributed by atoms with Crippen LogP contribution in [0.4, 0.5) is 0 Å². The monoisotopic (exact) mass is 182 g/mol. The molecular formula is C10H18N2O. The van der Waals surface area contributed by atoms with Gasteiger partial charge in [0.05, 0.1) is 0 Å². The van der Waals surface area contributed by atoms with Crippen molar-refractivity contribution in [2.24, 2.45) is 4.99 Å². The van der Waals surface area contributed by atoms with Crippen LogP contribution in [0.3, 0.4) is 0 Å². The average Bonchev–Trinajstić information content (AvgIpc) is 2.20. The van der Waals surface area contributed by atoms with Crippen LogP contribution in [0.1, 0.15) is 26.7 Å². The molecule has 0 radical (unpaired) electrons. The summed E-state index contributed by atoms with van der Waals surface area (Å²) in [6, 6.07) is 0. The van der Waals surface area contributed by atoms with Crippen molar-refractivity contribution in [3.63, 3.8) is 0 Å². The Morgan fingerprint density at radius 2 is 1.92 bits per heavy atom. The molecular weight excluding hydrogens is 164 g/mol. The van der Waals surface area contributed by atoms with E-state index in [9.17, 15) is 4.79 Å². The summed E-state index contributed by atoms with van der Waals surface area (Å²) in [5, 5.41) is 0. The highest BCUT2D eigenvalue weighted by molar-refractivity contribution is 5.35. The number of hydrogen-bond acceptors (Lipinski definition) is 3. The molecule has 0 aliphatic carbocycles. The molecule has 1 aliphatic rings. The highest BCUT2D eigenvalue weighted by Gasteiger charge is 2.08. The molecule has 0 bridgehead atoms. The van der Waals surface area contributed by atoms with Gasteiger partial charge in [0.2, 0.25) is 6.08 Å². The van der Waals surface area contributed by atoms with Crippen LogP contribution in [-0.2, 0) is 4.79 Å². The Kier molecular flexibility index (Phi) is 7.17. The number of carbonyl (C=O) groups excluding carboxylic acids is 1. The minimum atomic E-state index is 1.03. The Hall–Kier alpha value is -0.920. The quantitative estimate of drug-likeness (QED) is 0.458. The number of aliphatic imine (C=N–C) groups is 1. The van der Waals surface area contributed by atoms with Gasteiger partial charge in [0.1, 0.15) is 0 Å². The van der Waals surface area contributed by atoms with E-state index in [0.717, 1.165) is 25.9 Å². The van der Waals surface area contributed by atoms with E-state index in [2.05, 4.69) is 16.9 Å². The van der Waals surface area contributed by atoms with E-state index in [1.54, 1.807) is 6.20 Å². The fourth-order valence-electron chi connectivity index (χ4n) is 1.15. The molecule has 13 heavy (non-hydrogen) atoms. The maximum atomic E-state index is 9.77. The number of piperidine rings is 1. The molecule has 74 valence electrons. The van der Waals surface area contributed by atoms with Crippen LogP contribution in [0.25, 0.3) is 0 Å². The normalized spacial score (nSPS) is 16.7. The lowest BCUT2D eigenvalue weighted by Crippen LogP contribution is -2.26. The molecule has 3 heteroatoms. The lowest BCUT2D eigenvalue weighted by atomic mass is 10.1. The molecule has 0 saturated carbocycles. The van der Waals surface area contributed by atoms with Crippen molar-refractivity contribution < 1.29 is 4.79 Å². The predicted molar refractivity (Wildman–Crippen MR) is 54.3 cm³/mol. The first-order valence-electron chi connectivity index (χ1n) is 4.76. The molecule has 0 amide bonds. The molecule has 1 rings (SSSR count). The van der Waals surface area contributed by atoms with E-state index in [1.165, 1.54) is 11.7 Å². The standard InChI is InChI=1S/C8H12N2O.C2H6/c1-10-4-2-8(3-5-10)6-9-7-11;1-2/h6H,2-5H2,1H3;1-2H3. The molecule has 0 aromatic heterocycles. The van der Waals surface area contributed by atoms with Crippen LogP contribution >= 0.6 is 0 Å². The van der Waals surface area contributed by atoms with Crippen molar-refractivity contribution in [2.75, 3.05) is 20.1 Å². The molecule has 0 atom stereocenters. The first-order chi connectivity index (χ1) is 6.33. The Bertz CT molecular complexity index is 195. The topological polar surface area (TPSA) is 32.7 Å². The molecule has 1 aliphatic heterocycles. The first-order valence-corrected chi connectivity index (χ1v) is 4.76. The molecule has 1 saturated heterocycles. The SMILES string of the molecule is CC.CN1CCC(=CN=C=O)CC1. The predicted octanol–water partition coefficient (Wildman–Crippen LogP) is 1.96. The van der Waals surface area contributed by atoms with E-state index < -0.39 is 0 Å². The van der Waals surface area contributed by atoms with Crippen molar-refractivity contribution in [1.29, 1.82) is 0 Å². The summed E-state index contributed by atoms with van der Waals surface area (Å²) in [7, 11) is 2.10. The van der Waals surface area contributed by atoms with Crippen LogP contribution in [0.5, 0.6) is 0 Å². The summed E-state index contributed by atoms with van der Waals surface area (Å²) in [6.07, 6.45) is 5.21. The van der Waals surface area contributed by atoms with Gasteiger partial charge in [-0.05, 0) is 25.5 Å². The molecule has 1 heterocycles. The van der Waals surface area contributed by atoms with Crippen LogP contribution in [-0.4, -0.2) is 31.1 Å². The number of isocyanates is 1. The molecule has 3 nitrogen and oxygen atoms in total. The molecule has 0 aromatic rings. The summed E-state index contributed by atoms with van der Waals surface area (Å²) in [5.74, 6) is 0. The van der Waals surface area contributed by atoms with Gasteiger partial charge in [-0.15, -0.1) is 0 Å². The third-order valence-corrected chi connectivity index (χ3v) is 1.93. The lowest BCUT2D eigenvalue weighted by molar-refractivity contribution is 0.312. The van der Waals surface area contributed by atoms with Gasteiger partial charge in [-0.2, -0.15) is 4.99 Å². The third-order valence-electron chi connectivity index (χ3n) is 1.93. The third kappa shape index (κ3) is 5.34. The molecule has 1 fully saturated rings. The smallest absolute Gasteiger partial charge is 0.239 e. The summed E-state index contributed by atoms with van der Waals surface area (Å²) in [4.78, 5) is 15.5. The minimum absolute atomic E-state index is 1.03.